The van der Waals surface area contributed by atoms with Crippen LogP contribution in [0.3, 0.4) is 0 Å². The van der Waals surface area contributed by atoms with E-state index in [2.05, 4.69) is 19.2 Å². The molecule has 0 spiro atoms. The van der Waals surface area contributed by atoms with Crippen LogP contribution in [-0.4, -0.2) is 25.3 Å². The number of anilines is 2. The molecule has 0 atom stereocenters. The van der Waals surface area contributed by atoms with E-state index in [4.69, 9.17) is 4.74 Å². The van der Waals surface area contributed by atoms with E-state index >= 15 is 0 Å². The largest absolute Gasteiger partial charge is 0.447 e. The number of carbonyl (C=O) groups is 1. The molecule has 0 saturated carbocycles. The lowest BCUT2D eigenvalue weighted by Gasteiger charge is -2.14. The van der Waals surface area contributed by atoms with Crippen LogP contribution in [0.2, 0.25) is 0 Å². The van der Waals surface area contributed by atoms with Gasteiger partial charge in [-0.2, -0.15) is 0 Å². The summed E-state index contributed by atoms with van der Waals surface area (Å²) >= 11 is 0. The molecule has 86 valence electrons. The first-order valence-corrected chi connectivity index (χ1v) is 5.48. The van der Waals surface area contributed by atoms with E-state index in [0.717, 1.165) is 11.4 Å². The first kappa shape index (κ1) is 10.8. The number of cyclic esters (lactones) is 1. The van der Waals surface area contributed by atoms with Gasteiger partial charge in [-0.05, 0) is 38.1 Å². The number of hydrogen-bond donors (Lipinski definition) is 1. The van der Waals surface area contributed by atoms with Crippen LogP contribution < -0.4 is 10.2 Å². The number of benzene rings is 1. The number of amides is 1. The van der Waals surface area contributed by atoms with Crippen LogP contribution in [0.5, 0.6) is 0 Å². The van der Waals surface area contributed by atoms with Gasteiger partial charge in [0, 0.05) is 17.4 Å². The summed E-state index contributed by atoms with van der Waals surface area (Å²) in [6, 6.07) is 8.21. The molecule has 2 rings (SSSR count). The summed E-state index contributed by atoms with van der Waals surface area (Å²) in [6.07, 6.45) is -0.260. The molecular formula is C12H16N2O2. The minimum absolute atomic E-state index is 0.260. The van der Waals surface area contributed by atoms with E-state index in [1.807, 2.05) is 24.3 Å². The Balaban J connectivity index is 2.09. The van der Waals surface area contributed by atoms with Crippen LogP contribution in [0.15, 0.2) is 24.3 Å². The molecule has 4 heteroatoms. The highest BCUT2D eigenvalue weighted by Crippen LogP contribution is 2.21. The van der Waals surface area contributed by atoms with E-state index in [1.165, 1.54) is 0 Å². The molecule has 0 aromatic heterocycles. The topological polar surface area (TPSA) is 41.6 Å². The van der Waals surface area contributed by atoms with Gasteiger partial charge in [0.05, 0.1) is 6.54 Å². The van der Waals surface area contributed by atoms with E-state index in [9.17, 15) is 4.79 Å². The molecule has 4 nitrogen and oxygen atoms in total. The van der Waals surface area contributed by atoms with Crippen molar-refractivity contribution in [2.75, 3.05) is 23.4 Å². The Morgan fingerprint density at radius 3 is 2.50 bits per heavy atom. The normalized spacial score (nSPS) is 15.4. The first-order valence-electron chi connectivity index (χ1n) is 5.48. The fourth-order valence-electron chi connectivity index (χ4n) is 1.70. The Morgan fingerprint density at radius 1 is 1.31 bits per heavy atom. The third kappa shape index (κ3) is 2.27. The Bertz CT molecular complexity index is 373. The monoisotopic (exact) mass is 220 g/mol. The van der Waals surface area contributed by atoms with Crippen molar-refractivity contribution >= 4 is 17.5 Å². The van der Waals surface area contributed by atoms with E-state index in [0.29, 0.717) is 19.2 Å². The van der Waals surface area contributed by atoms with Gasteiger partial charge in [0.2, 0.25) is 0 Å². The van der Waals surface area contributed by atoms with Crippen LogP contribution >= 0.6 is 0 Å². The molecule has 1 aromatic rings. The average molecular weight is 220 g/mol. The van der Waals surface area contributed by atoms with Gasteiger partial charge in [-0.3, -0.25) is 4.90 Å². The predicted molar refractivity (Wildman–Crippen MR) is 63.9 cm³/mol. The third-order valence-electron chi connectivity index (χ3n) is 2.40. The van der Waals surface area contributed by atoms with Crippen molar-refractivity contribution in [2.24, 2.45) is 0 Å². The van der Waals surface area contributed by atoms with Crippen LogP contribution in [-0.2, 0) is 4.74 Å². The Kier molecular flexibility index (Phi) is 2.99. The standard InChI is InChI=1S/C12H16N2O2/c1-9(2)13-10-3-5-11(6-4-10)14-7-8-16-12(14)15/h3-6,9,13H,7-8H2,1-2H3. The molecule has 1 amide bonds. The highest BCUT2D eigenvalue weighted by atomic mass is 16.6. The second kappa shape index (κ2) is 4.43. The number of hydrogen-bond acceptors (Lipinski definition) is 3. The quantitative estimate of drug-likeness (QED) is 0.850. The van der Waals surface area contributed by atoms with Crippen LogP contribution in [0.1, 0.15) is 13.8 Å². The van der Waals surface area contributed by atoms with E-state index in [-0.39, 0.29) is 6.09 Å². The van der Waals surface area contributed by atoms with Crippen molar-refractivity contribution in [1.29, 1.82) is 0 Å². The summed E-state index contributed by atoms with van der Waals surface area (Å²) in [5, 5.41) is 3.30. The zero-order chi connectivity index (χ0) is 11.5. The predicted octanol–water partition coefficient (Wildman–Crippen LogP) is 2.46. The van der Waals surface area contributed by atoms with Crippen molar-refractivity contribution in [1.82, 2.24) is 0 Å². The van der Waals surface area contributed by atoms with Gasteiger partial charge in [-0.1, -0.05) is 0 Å². The zero-order valence-corrected chi connectivity index (χ0v) is 9.56. The number of carbonyl (C=O) groups excluding carboxylic acids is 1. The van der Waals surface area contributed by atoms with Gasteiger partial charge in [-0.15, -0.1) is 0 Å². The summed E-state index contributed by atoms with van der Waals surface area (Å²) in [5.74, 6) is 0. The molecule has 1 aliphatic heterocycles. The molecule has 1 saturated heterocycles. The summed E-state index contributed by atoms with van der Waals surface area (Å²) in [6.45, 7) is 5.29. The first-order chi connectivity index (χ1) is 7.66. The third-order valence-corrected chi connectivity index (χ3v) is 2.40. The van der Waals surface area contributed by atoms with Crippen molar-refractivity contribution in [3.8, 4) is 0 Å². The lowest BCUT2D eigenvalue weighted by molar-refractivity contribution is 0.181. The highest BCUT2D eigenvalue weighted by Gasteiger charge is 2.23. The maximum atomic E-state index is 11.3. The van der Waals surface area contributed by atoms with Crippen LogP contribution in [0.4, 0.5) is 16.2 Å². The Hall–Kier alpha value is -1.71. The second-order valence-electron chi connectivity index (χ2n) is 4.11. The Labute approximate surface area is 95.2 Å². The fourth-order valence-corrected chi connectivity index (χ4v) is 1.70. The number of ether oxygens (including phenoxy) is 1. The molecule has 0 bridgehead atoms. The molecule has 16 heavy (non-hydrogen) atoms. The Morgan fingerprint density at radius 2 is 2.00 bits per heavy atom. The van der Waals surface area contributed by atoms with E-state index in [1.54, 1.807) is 4.90 Å². The molecule has 1 N–H and O–H groups in total. The van der Waals surface area contributed by atoms with Crippen molar-refractivity contribution in [3.63, 3.8) is 0 Å². The lowest BCUT2D eigenvalue weighted by Crippen LogP contribution is -2.23. The number of nitrogens with zero attached hydrogens (tertiary/aromatic N) is 1. The molecule has 1 aromatic carbocycles. The van der Waals surface area contributed by atoms with Gasteiger partial charge in [0.1, 0.15) is 6.61 Å². The summed E-state index contributed by atoms with van der Waals surface area (Å²) < 4.78 is 4.89. The van der Waals surface area contributed by atoms with Gasteiger partial charge in [-0.25, -0.2) is 4.79 Å². The van der Waals surface area contributed by atoms with E-state index < -0.39 is 0 Å². The smallest absolute Gasteiger partial charge is 0.414 e. The molecule has 0 radical (unpaired) electrons. The number of nitrogens with one attached hydrogen (secondary N) is 1. The summed E-state index contributed by atoms with van der Waals surface area (Å²) in [5.41, 5.74) is 1.95. The molecule has 1 fully saturated rings. The minimum atomic E-state index is -0.260. The zero-order valence-electron chi connectivity index (χ0n) is 9.56. The van der Waals surface area contributed by atoms with Crippen molar-refractivity contribution in [3.05, 3.63) is 24.3 Å². The van der Waals surface area contributed by atoms with Gasteiger partial charge in [0.15, 0.2) is 0 Å². The van der Waals surface area contributed by atoms with Crippen LogP contribution in [0, 0.1) is 0 Å². The van der Waals surface area contributed by atoms with Crippen molar-refractivity contribution in [2.45, 2.75) is 19.9 Å². The molecule has 1 aliphatic rings. The SMILES string of the molecule is CC(C)Nc1ccc(N2CCOC2=O)cc1. The molecule has 1 heterocycles. The molecular weight excluding hydrogens is 204 g/mol. The molecule has 0 aliphatic carbocycles. The lowest BCUT2D eigenvalue weighted by atomic mass is 10.2. The van der Waals surface area contributed by atoms with Crippen LogP contribution in [0.25, 0.3) is 0 Å². The fraction of sp³-hybridized carbons (Fsp3) is 0.417. The van der Waals surface area contributed by atoms with Crippen molar-refractivity contribution < 1.29 is 9.53 Å². The highest BCUT2D eigenvalue weighted by molar-refractivity contribution is 5.89. The minimum Gasteiger partial charge on any atom is -0.447 e. The summed E-state index contributed by atoms with van der Waals surface area (Å²) in [4.78, 5) is 13.0. The maximum absolute atomic E-state index is 11.3. The van der Waals surface area contributed by atoms with Gasteiger partial charge < -0.3 is 10.1 Å². The molecule has 0 unspecified atom stereocenters. The summed E-state index contributed by atoms with van der Waals surface area (Å²) in [7, 11) is 0. The average Bonchev–Trinajstić information content (AvgIpc) is 2.65. The van der Waals surface area contributed by atoms with Gasteiger partial charge >= 0.3 is 6.09 Å². The van der Waals surface area contributed by atoms with Gasteiger partial charge in [0.25, 0.3) is 0 Å². The number of rotatable bonds is 3. The second-order valence-corrected chi connectivity index (χ2v) is 4.11. The maximum Gasteiger partial charge on any atom is 0.414 e.